The molecule has 0 nitrogen and oxygen atoms in total. The van der Waals surface area contributed by atoms with E-state index < -0.39 is 0 Å². The van der Waals surface area contributed by atoms with Crippen LogP contribution in [0.15, 0.2) is 66.7 Å². The lowest BCUT2D eigenvalue weighted by Crippen LogP contribution is -1.83. The Balaban J connectivity index is 2.16. The van der Waals surface area contributed by atoms with Crippen LogP contribution in [-0.2, 0) is 6.42 Å². The molecule has 0 N–H and O–H groups in total. The predicted molar refractivity (Wildman–Crippen MR) is 104 cm³/mol. The summed E-state index contributed by atoms with van der Waals surface area (Å²) in [5.41, 5.74) is 1.46. The molecule has 23 heavy (non-hydrogen) atoms. The Kier molecular flexibility index (Phi) is 2.74. The Morgan fingerprint density at radius 3 is 2.22 bits per heavy atom. The summed E-state index contributed by atoms with van der Waals surface area (Å²) in [6, 6.07) is 24.5. The van der Waals surface area contributed by atoms with Crippen molar-refractivity contribution in [3.8, 4) is 0 Å². The Labute approximate surface area is 139 Å². The molecule has 0 atom stereocenters. The summed E-state index contributed by atoms with van der Waals surface area (Å²) in [5.74, 6) is 0. The molecular weight excluding hydrogens is 296 g/mol. The molecule has 0 radical (unpaired) electrons. The Hall–Kier alpha value is -2.38. The van der Waals surface area contributed by atoms with Gasteiger partial charge in [0.25, 0.3) is 0 Å². The molecule has 4 aromatic carbocycles. The molecule has 5 rings (SSSR count). The van der Waals surface area contributed by atoms with Crippen molar-refractivity contribution in [1.82, 2.24) is 0 Å². The number of benzene rings is 4. The highest BCUT2D eigenvalue weighted by atomic mass is 32.1. The maximum Gasteiger partial charge on any atom is 0.0393 e. The van der Waals surface area contributed by atoms with Crippen molar-refractivity contribution in [3.05, 3.63) is 72.3 Å². The van der Waals surface area contributed by atoms with Gasteiger partial charge in [0.05, 0.1) is 0 Å². The standard InChI is InChI=1S/C22H16S/c1-2-14-13-16-8-4-6-10-18(16)21-20-17-9-5-3-7-15(17)11-12-19(20)23-22(14)21/h3-13H,2H2,1H3. The number of fused-ring (bicyclic) bond motifs is 7. The highest BCUT2D eigenvalue weighted by Gasteiger charge is 2.14. The van der Waals surface area contributed by atoms with Crippen LogP contribution in [0.4, 0.5) is 0 Å². The molecule has 0 bridgehead atoms. The lowest BCUT2D eigenvalue weighted by molar-refractivity contribution is 1.17. The number of rotatable bonds is 1. The summed E-state index contributed by atoms with van der Waals surface area (Å²) in [5, 5.41) is 8.29. The van der Waals surface area contributed by atoms with Crippen molar-refractivity contribution in [2.45, 2.75) is 13.3 Å². The van der Waals surface area contributed by atoms with Crippen LogP contribution in [0.1, 0.15) is 12.5 Å². The van der Waals surface area contributed by atoms with Crippen LogP contribution in [-0.4, -0.2) is 0 Å². The Morgan fingerprint density at radius 2 is 1.43 bits per heavy atom. The van der Waals surface area contributed by atoms with E-state index in [-0.39, 0.29) is 0 Å². The highest BCUT2D eigenvalue weighted by molar-refractivity contribution is 7.26. The van der Waals surface area contributed by atoms with Gasteiger partial charge in [-0.3, -0.25) is 0 Å². The van der Waals surface area contributed by atoms with Gasteiger partial charge in [0.2, 0.25) is 0 Å². The fourth-order valence-electron chi connectivity index (χ4n) is 3.72. The molecule has 110 valence electrons. The molecule has 0 unspecified atom stereocenters. The molecule has 0 fully saturated rings. The van der Waals surface area contributed by atoms with Crippen molar-refractivity contribution in [3.63, 3.8) is 0 Å². The first-order valence-corrected chi connectivity index (χ1v) is 8.93. The first-order valence-electron chi connectivity index (χ1n) is 8.11. The van der Waals surface area contributed by atoms with Gasteiger partial charge in [-0.1, -0.05) is 61.5 Å². The summed E-state index contributed by atoms with van der Waals surface area (Å²) in [6.45, 7) is 2.26. The van der Waals surface area contributed by atoms with Crippen molar-refractivity contribution in [2.24, 2.45) is 0 Å². The third kappa shape index (κ3) is 1.77. The summed E-state index contributed by atoms with van der Waals surface area (Å²) in [7, 11) is 0. The minimum atomic E-state index is 1.08. The molecule has 0 amide bonds. The first-order chi connectivity index (χ1) is 11.4. The zero-order chi connectivity index (χ0) is 15.4. The lowest BCUT2D eigenvalue weighted by Gasteiger charge is -2.06. The van der Waals surface area contributed by atoms with E-state index in [1.165, 1.54) is 47.3 Å². The zero-order valence-electron chi connectivity index (χ0n) is 13.0. The first kappa shape index (κ1) is 13.1. The van der Waals surface area contributed by atoms with E-state index in [9.17, 15) is 0 Å². The van der Waals surface area contributed by atoms with Crippen molar-refractivity contribution < 1.29 is 0 Å². The topological polar surface area (TPSA) is 0 Å². The van der Waals surface area contributed by atoms with Crippen LogP contribution in [0.2, 0.25) is 0 Å². The van der Waals surface area contributed by atoms with Crippen LogP contribution in [0, 0.1) is 0 Å². The quantitative estimate of drug-likeness (QED) is 0.315. The highest BCUT2D eigenvalue weighted by Crippen LogP contribution is 2.43. The molecular formula is C22H16S. The average molecular weight is 312 g/mol. The van der Waals surface area contributed by atoms with E-state index in [0.29, 0.717) is 0 Å². The van der Waals surface area contributed by atoms with Gasteiger partial charge in [-0.25, -0.2) is 0 Å². The van der Waals surface area contributed by atoms with E-state index in [2.05, 4.69) is 73.7 Å². The monoisotopic (exact) mass is 312 g/mol. The fourth-order valence-corrected chi connectivity index (χ4v) is 5.04. The lowest BCUT2D eigenvalue weighted by atomic mass is 9.97. The minimum Gasteiger partial charge on any atom is -0.135 e. The second kappa shape index (κ2) is 4.81. The molecule has 0 saturated carbocycles. The molecule has 0 aliphatic heterocycles. The molecule has 0 aliphatic rings. The third-order valence-electron chi connectivity index (χ3n) is 4.81. The van der Waals surface area contributed by atoms with Gasteiger partial charge in [0.15, 0.2) is 0 Å². The second-order valence-corrected chi connectivity index (χ2v) is 7.13. The van der Waals surface area contributed by atoms with E-state index in [1.807, 2.05) is 11.3 Å². The van der Waals surface area contributed by atoms with Crippen LogP contribution < -0.4 is 0 Å². The van der Waals surface area contributed by atoms with Crippen molar-refractivity contribution in [1.29, 1.82) is 0 Å². The zero-order valence-corrected chi connectivity index (χ0v) is 13.8. The number of thiophene rings is 1. The van der Waals surface area contributed by atoms with Gasteiger partial charge in [0, 0.05) is 20.2 Å². The molecule has 5 aromatic rings. The van der Waals surface area contributed by atoms with Gasteiger partial charge in [-0.15, -0.1) is 11.3 Å². The normalized spacial score (nSPS) is 11.9. The molecule has 0 saturated heterocycles. The van der Waals surface area contributed by atoms with E-state index >= 15 is 0 Å². The third-order valence-corrected chi connectivity index (χ3v) is 6.04. The molecule has 0 aliphatic carbocycles. The Morgan fingerprint density at radius 1 is 0.739 bits per heavy atom. The number of hydrogen-bond donors (Lipinski definition) is 0. The molecule has 1 aromatic heterocycles. The van der Waals surface area contributed by atoms with E-state index in [4.69, 9.17) is 0 Å². The van der Waals surface area contributed by atoms with E-state index in [1.54, 1.807) is 0 Å². The van der Waals surface area contributed by atoms with Gasteiger partial charge >= 0.3 is 0 Å². The van der Waals surface area contributed by atoms with Gasteiger partial charge in [-0.2, -0.15) is 0 Å². The Bertz CT molecular complexity index is 1190. The van der Waals surface area contributed by atoms with Gasteiger partial charge in [0.1, 0.15) is 0 Å². The summed E-state index contributed by atoms with van der Waals surface area (Å²) in [6.07, 6.45) is 1.08. The van der Waals surface area contributed by atoms with Crippen LogP contribution in [0.25, 0.3) is 41.7 Å². The van der Waals surface area contributed by atoms with Crippen LogP contribution in [0.3, 0.4) is 0 Å². The molecule has 1 heteroatoms. The molecule has 1 heterocycles. The number of hydrogen-bond acceptors (Lipinski definition) is 1. The fraction of sp³-hybridized carbons (Fsp3) is 0.0909. The predicted octanol–water partition coefficient (Wildman–Crippen LogP) is 6.92. The summed E-state index contributed by atoms with van der Waals surface area (Å²) < 4.78 is 2.85. The smallest absolute Gasteiger partial charge is 0.0393 e. The largest absolute Gasteiger partial charge is 0.135 e. The van der Waals surface area contributed by atoms with E-state index in [0.717, 1.165) is 6.42 Å². The van der Waals surface area contributed by atoms with Gasteiger partial charge < -0.3 is 0 Å². The minimum absolute atomic E-state index is 1.08. The summed E-state index contributed by atoms with van der Waals surface area (Å²) >= 11 is 1.94. The van der Waals surface area contributed by atoms with Crippen LogP contribution >= 0.6 is 11.3 Å². The SMILES string of the molecule is CCc1cc2ccccc2c2c1sc1ccc3ccccc3c12. The second-order valence-electron chi connectivity index (χ2n) is 6.08. The van der Waals surface area contributed by atoms with Crippen LogP contribution in [0.5, 0.6) is 0 Å². The van der Waals surface area contributed by atoms with Gasteiger partial charge in [-0.05, 0) is 45.7 Å². The average Bonchev–Trinajstić information content (AvgIpc) is 3.01. The summed E-state index contributed by atoms with van der Waals surface area (Å²) in [4.78, 5) is 0. The maximum absolute atomic E-state index is 2.37. The number of aryl methyl sites for hydroxylation is 1. The van der Waals surface area contributed by atoms with Crippen molar-refractivity contribution in [2.75, 3.05) is 0 Å². The maximum atomic E-state index is 2.37. The van der Waals surface area contributed by atoms with Crippen molar-refractivity contribution >= 4 is 53.1 Å². The molecule has 0 spiro atoms.